The fourth-order valence-electron chi connectivity index (χ4n) is 1.32. The predicted octanol–water partition coefficient (Wildman–Crippen LogP) is -0.979. The second kappa shape index (κ2) is 8.13. The van der Waals surface area contributed by atoms with Crippen molar-refractivity contribution >= 4 is 0 Å². The Labute approximate surface area is 101 Å². The number of methoxy groups -OCH3 is 1. The molecule has 1 unspecified atom stereocenters. The van der Waals surface area contributed by atoms with Gasteiger partial charge in [-0.05, 0) is 7.05 Å². The molecule has 0 aliphatic carbocycles. The molecule has 0 aliphatic rings. The minimum absolute atomic E-state index is 0.268. The first-order valence-corrected chi connectivity index (χ1v) is 5.54. The van der Waals surface area contributed by atoms with Crippen LogP contribution < -0.4 is 5.32 Å². The number of aliphatic hydroxyl groups is 1. The molecule has 98 valence electrons. The maximum Gasteiger partial charge on any atom is 0.0969 e. The average molecular weight is 244 g/mol. The quantitative estimate of drug-likeness (QED) is 0.543. The van der Waals surface area contributed by atoms with Gasteiger partial charge in [-0.1, -0.05) is 5.21 Å². The summed E-state index contributed by atoms with van der Waals surface area (Å²) in [6.45, 7) is 2.33. The maximum absolute atomic E-state index is 9.67. The highest BCUT2D eigenvalue weighted by molar-refractivity contribution is 4.91. The van der Waals surface area contributed by atoms with E-state index in [1.165, 1.54) is 0 Å². The van der Waals surface area contributed by atoms with E-state index in [0.29, 0.717) is 26.3 Å². The fourth-order valence-corrected chi connectivity index (χ4v) is 1.32. The molecule has 1 aromatic rings. The van der Waals surface area contributed by atoms with E-state index in [2.05, 4.69) is 15.6 Å². The highest BCUT2D eigenvalue weighted by Gasteiger charge is 2.07. The van der Waals surface area contributed by atoms with E-state index in [0.717, 1.165) is 5.69 Å². The topological polar surface area (TPSA) is 81.4 Å². The van der Waals surface area contributed by atoms with Gasteiger partial charge < -0.3 is 19.9 Å². The highest BCUT2D eigenvalue weighted by Crippen LogP contribution is 1.95. The molecule has 7 heteroatoms. The smallest absolute Gasteiger partial charge is 0.0969 e. The van der Waals surface area contributed by atoms with Crippen LogP contribution in [0.4, 0.5) is 0 Å². The van der Waals surface area contributed by atoms with Crippen molar-refractivity contribution in [1.82, 2.24) is 20.3 Å². The summed E-state index contributed by atoms with van der Waals surface area (Å²) < 4.78 is 11.7. The van der Waals surface area contributed by atoms with Crippen LogP contribution in [0, 0.1) is 0 Å². The van der Waals surface area contributed by atoms with Crippen LogP contribution in [0.1, 0.15) is 5.69 Å². The Hall–Kier alpha value is -1.02. The lowest BCUT2D eigenvalue weighted by atomic mass is 10.4. The Morgan fingerprint density at radius 1 is 1.53 bits per heavy atom. The lowest BCUT2D eigenvalue weighted by Gasteiger charge is -2.10. The number of hydrogen-bond donors (Lipinski definition) is 2. The van der Waals surface area contributed by atoms with Crippen molar-refractivity contribution in [2.45, 2.75) is 19.2 Å². The zero-order valence-electron chi connectivity index (χ0n) is 10.3. The van der Waals surface area contributed by atoms with Crippen molar-refractivity contribution in [3.63, 3.8) is 0 Å². The lowest BCUT2D eigenvalue weighted by Crippen LogP contribution is -2.23. The molecule has 1 heterocycles. The first-order chi connectivity index (χ1) is 8.26. The summed E-state index contributed by atoms with van der Waals surface area (Å²) in [5.74, 6) is 0. The normalized spacial score (nSPS) is 12.9. The summed E-state index contributed by atoms with van der Waals surface area (Å²) in [6, 6.07) is 0. The summed E-state index contributed by atoms with van der Waals surface area (Å²) in [4.78, 5) is 0. The van der Waals surface area contributed by atoms with Crippen molar-refractivity contribution < 1.29 is 14.6 Å². The van der Waals surface area contributed by atoms with Crippen LogP contribution >= 0.6 is 0 Å². The molecule has 0 amide bonds. The molecule has 1 atom stereocenters. The van der Waals surface area contributed by atoms with Crippen LogP contribution in [0.25, 0.3) is 0 Å². The zero-order valence-corrected chi connectivity index (χ0v) is 10.3. The van der Waals surface area contributed by atoms with Crippen LogP contribution in [-0.2, 0) is 22.6 Å². The number of rotatable bonds is 9. The van der Waals surface area contributed by atoms with Gasteiger partial charge in [-0.15, -0.1) is 5.10 Å². The number of hydrogen-bond acceptors (Lipinski definition) is 6. The second-order valence-corrected chi connectivity index (χ2v) is 3.68. The SMILES string of the molecule is CNCc1cn(CC(O)COCCOC)nn1. The van der Waals surface area contributed by atoms with Gasteiger partial charge in [-0.25, -0.2) is 4.68 Å². The van der Waals surface area contributed by atoms with Gasteiger partial charge in [0, 0.05) is 19.9 Å². The molecular weight excluding hydrogens is 224 g/mol. The third kappa shape index (κ3) is 5.73. The maximum atomic E-state index is 9.67. The van der Waals surface area contributed by atoms with Crippen molar-refractivity contribution in [2.75, 3.05) is 34.0 Å². The van der Waals surface area contributed by atoms with Crippen LogP contribution in [-0.4, -0.2) is 60.2 Å². The predicted molar refractivity (Wildman–Crippen MR) is 61.5 cm³/mol. The van der Waals surface area contributed by atoms with Gasteiger partial charge in [0.15, 0.2) is 0 Å². The third-order valence-electron chi connectivity index (χ3n) is 2.08. The van der Waals surface area contributed by atoms with Gasteiger partial charge in [0.2, 0.25) is 0 Å². The van der Waals surface area contributed by atoms with Gasteiger partial charge >= 0.3 is 0 Å². The Bertz CT molecular complexity index is 305. The number of aromatic nitrogens is 3. The summed E-state index contributed by atoms with van der Waals surface area (Å²) in [7, 11) is 3.45. The molecule has 0 fully saturated rings. The molecule has 1 rings (SSSR count). The van der Waals surface area contributed by atoms with E-state index in [9.17, 15) is 5.11 Å². The van der Waals surface area contributed by atoms with Gasteiger partial charge in [-0.3, -0.25) is 0 Å². The van der Waals surface area contributed by atoms with Gasteiger partial charge in [0.05, 0.1) is 38.2 Å². The summed E-state index contributed by atoms with van der Waals surface area (Å²) in [5, 5.41) is 20.5. The first-order valence-electron chi connectivity index (χ1n) is 5.54. The molecule has 7 nitrogen and oxygen atoms in total. The van der Waals surface area contributed by atoms with Crippen molar-refractivity contribution in [3.8, 4) is 0 Å². The Morgan fingerprint density at radius 2 is 2.35 bits per heavy atom. The van der Waals surface area contributed by atoms with Crippen molar-refractivity contribution in [2.24, 2.45) is 0 Å². The van der Waals surface area contributed by atoms with Crippen LogP contribution in [0.15, 0.2) is 6.20 Å². The monoisotopic (exact) mass is 244 g/mol. The van der Waals surface area contributed by atoms with Crippen molar-refractivity contribution in [3.05, 3.63) is 11.9 Å². The molecule has 1 aromatic heterocycles. The first kappa shape index (κ1) is 14.0. The van der Waals surface area contributed by atoms with E-state index in [-0.39, 0.29) is 6.61 Å². The summed E-state index contributed by atoms with van der Waals surface area (Å²) in [5.41, 5.74) is 0.847. The van der Waals surface area contributed by atoms with Crippen molar-refractivity contribution in [1.29, 1.82) is 0 Å². The van der Waals surface area contributed by atoms with Crippen LogP contribution in [0.2, 0.25) is 0 Å². The molecule has 0 spiro atoms. The Kier molecular flexibility index (Phi) is 6.71. The number of nitrogens with zero attached hydrogens (tertiary/aromatic N) is 3. The molecule has 2 N–H and O–H groups in total. The molecule has 17 heavy (non-hydrogen) atoms. The van der Waals surface area contributed by atoms with E-state index >= 15 is 0 Å². The van der Waals surface area contributed by atoms with E-state index in [1.807, 2.05) is 7.05 Å². The molecular formula is C10H20N4O3. The van der Waals surface area contributed by atoms with Gasteiger partial charge in [0.1, 0.15) is 0 Å². The minimum Gasteiger partial charge on any atom is -0.389 e. The number of aliphatic hydroxyl groups excluding tert-OH is 1. The van der Waals surface area contributed by atoms with Crippen LogP contribution in [0.5, 0.6) is 0 Å². The third-order valence-corrected chi connectivity index (χ3v) is 2.08. The fraction of sp³-hybridized carbons (Fsp3) is 0.800. The zero-order chi connectivity index (χ0) is 12.5. The minimum atomic E-state index is -0.587. The summed E-state index contributed by atoms with van der Waals surface area (Å²) >= 11 is 0. The lowest BCUT2D eigenvalue weighted by molar-refractivity contribution is 0.00579. The molecule has 0 saturated carbocycles. The van der Waals surface area contributed by atoms with E-state index in [1.54, 1.807) is 18.0 Å². The standard InChI is InChI=1S/C10H20N4O3/c1-11-5-9-6-14(13-12-9)7-10(15)8-17-4-3-16-2/h6,10-11,15H,3-5,7-8H2,1-2H3. The van der Waals surface area contributed by atoms with Gasteiger partial charge in [-0.2, -0.15) is 0 Å². The largest absolute Gasteiger partial charge is 0.389 e. The van der Waals surface area contributed by atoms with Gasteiger partial charge in [0.25, 0.3) is 0 Å². The average Bonchev–Trinajstić information content (AvgIpc) is 2.73. The summed E-state index contributed by atoms with van der Waals surface area (Å²) in [6.07, 6.45) is 1.21. The van der Waals surface area contributed by atoms with Crippen LogP contribution in [0.3, 0.4) is 0 Å². The number of ether oxygens (including phenoxy) is 2. The Balaban J connectivity index is 2.22. The molecule has 0 radical (unpaired) electrons. The Morgan fingerprint density at radius 3 is 3.06 bits per heavy atom. The molecule has 0 bridgehead atoms. The molecule has 0 aromatic carbocycles. The van der Waals surface area contributed by atoms with E-state index < -0.39 is 6.10 Å². The number of nitrogens with one attached hydrogen (secondary N) is 1. The second-order valence-electron chi connectivity index (χ2n) is 3.68. The highest BCUT2D eigenvalue weighted by atomic mass is 16.5. The van der Waals surface area contributed by atoms with E-state index in [4.69, 9.17) is 9.47 Å². The molecule has 0 aliphatic heterocycles. The molecule has 0 saturated heterocycles.